The monoisotopic (exact) mass is 385 g/mol. The highest BCUT2D eigenvalue weighted by Gasteiger charge is 2.69. The summed E-state index contributed by atoms with van der Waals surface area (Å²) in [5.41, 5.74) is -2.75. The molecule has 7 nitrogen and oxygen atoms in total. The van der Waals surface area contributed by atoms with E-state index >= 15 is 0 Å². The number of nitrogens with zero attached hydrogens (tertiary/aromatic N) is 1. The molecule has 26 heavy (non-hydrogen) atoms. The van der Waals surface area contributed by atoms with E-state index in [0.29, 0.717) is 18.0 Å². The molecule has 1 atom stereocenters. The first-order chi connectivity index (χ1) is 12.0. The van der Waals surface area contributed by atoms with E-state index in [4.69, 9.17) is 0 Å². The minimum atomic E-state index is -4.24. The van der Waals surface area contributed by atoms with E-state index in [-0.39, 0.29) is 10.3 Å². The van der Waals surface area contributed by atoms with Gasteiger partial charge in [-0.3, -0.25) is 14.3 Å². The summed E-state index contributed by atoms with van der Waals surface area (Å²) < 4.78 is 55.0. The maximum Gasteiger partial charge on any atom is 0.328 e. The predicted molar refractivity (Wildman–Crippen MR) is 89.8 cm³/mol. The molecule has 2 aliphatic carbocycles. The van der Waals surface area contributed by atoms with Crippen molar-refractivity contribution in [2.45, 2.75) is 49.1 Å². The molecule has 1 heterocycles. The standard InChI is InChI=1S/C16H17F2N3O4S/c1-15(8-16(15,17)18)20-26(24,25)10-4-5-12-11(6-10)13(22)19-14(23)21(12)7-9-2-3-9/h4-6,9,20H,2-3,7-8H2,1H3,(H,19,22,23). The Bertz CT molecular complexity index is 1130. The fraction of sp³-hybridized carbons (Fsp3) is 0.500. The Morgan fingerprint density at radius 2 is 1.96 bits per heavy atom. The van der Waals surface area contributed by atoms with Crippen LogP contribution in [0, 0.1) is 5.92 Å². The van der Waals surface area contributed by atoms with E-state index in [0.717, 1.165) is 25.8 Å². The van der Waals surface area contributed by atoms with Gasteiger partial charge in [-0.2, -0.15) is 4.72 Å². The largest absolute Gasteiger partial charge is 0.328 e. The molecule has 0 saturated heterocycles. The molecule has 140 valence electrons. The van der Waals surface area contributed by atoms with Gasteiger partial charge in [-0.1, -0.05) is 0 Å². The average Bonchev–Trinajstić information content (AvgIpc) is 3.41. The van der Waals surface area contributed by atoms with Gasteiger partial charge in [0.05, 0.1) is 21.3 Å². The number of aromatic amines is 1. The van der Waals surface area contributed by atoms with Gasteiger partial charge in [0.1, 0.15) is 0 Å². The van der Waals surface area contributed by atoms with E-state index < -0.39 is 39.2 Å². The second-order valence-electron chi connectivity index (χ2n) is 7.31. The number of nitrogens with one attached hydrogen (secondary N) is 2. The van der Waals surface area contributed by atoms with Crippen LogP contribution in [0.15, 0.2) is 32.7 Å². The van der Waals surface area contributed by atoms with Gasteiger partial charge in [0.2, 0.25) is 10.0 Å². The maximum atomic E-state index is 13.3. The number of hydrogen-bond acceptors (Lipinski definition) is 4. The highest BCUT2D eigenvalue weighted by atomic mass is 32.2. The molecule has 2 aliphatic rings. The number of alkyl halides is 2. The van der Waals surface area contributed by atoms with Crippen LogP contribution >= 0.6 is 0 Å². The van der Waals surface area contributed by atoms with Crippen molar-refractivity contribution in [3.63, 3.8) is 0 Å². The van der Waals surface area contributed by atoms with Crippen molar-refractivity contribution in [1.82, 2.24) is 14.3 Å². The van der Waals surface area contributed by atoms with E-state index in [9.17, 15) is 26.8 Å². The Labute approximate surface area is 147 Å². The zero-order chi connectivity index (χ0) is 18.9. The normalized spacial score (nSPS) is 24.7. The molecule has 0 spiro atoms. The fourth-order valence-electron chi connectivity index (χ4n) is 3.05. The van der Waals surface area contributed by atoms with Crippen LogP contribution in [-0.2, 0) is 16.6 Å². The smallest absolute Gasteiger partial charge is 0.293 e. The van der Waals surface area contributed by atoms with Crippen LogP contribution in [0.3, 0.4) is 0 Å². The number of benzene rings is 1. The van der Waals surface area contributed by atoms with Crippen molar-refractivity contribution in [3.05, 3.63) is 39.0 Å². The Balaban J connectivity index is 1.78. The molecule has 2 N–H and O–H groups in total. The molecule has 1 aromatic heterocycles. The molecule has 0 aliphatic heterocycles. The third-order valence-corrected chi connectivity index (χ3v) is 6.63. The second kappa shape index (κ2) is 5.23. The topological polar surface area (TPSA) is 101 Å². The first-order valence-electron chi connectivity index (χ1n) is 8.21. The molecule has 2 fully saturated rings. The van der Waals surface area contributed by atoms with Crippen molar-refractivity contribution in [3.8, 4) is 0 Å². The lowest BCUT2D eigenvalue weighted by molar-refractivity contribution is 0.0896. The lowest BCUT2D eigenvalue weighted by Gasteiger charge is -2.14. The van der Waals surface area contributed by atoms with Crippen molar-refractivity contribution in [1.29, 1.82) is 0 Å². The lowest BCUT2D eigenvalue weighted by atomic mass is 10.2. The number of halogens is 2. The summed E-state index contributed by atoms with van der Waals surface area (Å²) in [6, 6.07) is 3.70. The van der Waals surface area contributed by atoms with E-state index in [2.05, 4.69) is 4.98 Å². The van der Waals surface area contributed by atoms with Crippen LogP contribution in [-0.4, -0.2) is 29.4 Å². The van der Waals surface area contributed by atoms with Crippen molar-refractivity contribution < 1.29 is 17.2 Å². The molecule has 0 amide bonds. The van der Waals surface area contributed by atoms with Crippen molar-refractivity contribution >= 4 is 20.9 Å². The number of H-pyrrole nitrogens is 1. The van der Waals surface area contributed by atoms with E-state index in [1.54, 1.807) is 0 Å². The first kappa shape index (κ1) is 17.3. The summed E-state index contributed by atoms with van der Waals surface area (Å²) in [7, 11) is -4.24. The second-order valence-corrected chi connectivity index (χ2v) is 8.99. The van der Waals surface area contributed by atoms with Gasteiger partial charge in [0, 0.05) is 13.0 Å². The SMILES string of the molecule is CC1(NS(=O)(=O)c2ccc3c(c2)c(=O)[nH]c(=O)n3CC2CC2)CC1(F)F. The number of aromatic nitrogens is 2. The summed E-state index contributed by atoms with van der Waals surface area (Å²) in [5.74, 6) is -2.73. The minimum absolute atomic E-state index is 0.0286. The first-order valence-corrected chi connectivity index (χ1v) is 9.69. The van der Waals surface area contributed by atoms with Crippen LogP contribution in [0.25, 0.3) is 10.9 Å². The van der Waals surface area contributed by atoms with Gasteiger partial charge in [-0.05, 0) is 43.9 Å². The van der Waals surface area contributed by atoms with Crippen molar-refractivity contribution in [2.75, 3.05) is 0 Å². The molecule has 4 rings (SSSR count). The fourth-order valence-corrected chi connectivity index (χ4v) is 4.50. The minimum Gasteiger partial charge on any atom is -0.293 e. The molecular weight excluding hydrogens is 368 g/mol. The molecular formula is C16H17F2N3O4S. The van der Waals surface area contributed by atoms with E-state index in [1.165, 1.54) is 16.7 Å². The highest BCUT2D eigenvalue weighted by molar-refractivity contribution is 7.89. The number of fused-ring (bicyclic) bond motifs is 1. The molecule has 0 bridgehead atoms. The molecule has 2 aromatic rings. The number of hydrogen-bond donors (Lipinski definition) is 2. The number of sulfonamides is 1. The summed E-state index contributed by atoms with van der Waals surface area (Å²) in [4.78, 5) is 26.1. The molecule has 10 heteroatoms. The Hall–Kier alpha value is -2.07. The van der Waals surface area contributed by atoms with E-state index in [1.807, 2.05) is 4.72 Å². The van der Waals surface area contributed by atoms with Gasteiger partial charge in [-0.15, -0.1) is 0 Å². The highest BCUT2D eigenvalue weighted by Crippen LogP contribution is 2.52. The molecule has 2 saturated carbocycles. The lowest BCUT2D eigenvalue weighted by Crippen LogP contribution is -2.39. The van der Waals surface area contributed by atoms with Gasteiger partial charge in [0.25, 0.3) is 11.5 Å². The van der Waals surface area contributed by atoms with Crippen LogP contribution in [0.5, 0.6) is 0 Å². The van der Waals surface area contributed by atoms with Crippen LogP contribution in [0.2, 0.25) is 0 Å². The number of rotatable bonds is 5. The maximum absolute atomic E-state index is 13.3. The van der Waals surface area contributed by atoms with Gasteiger partial charge in [-0.25, -0.2) is 22.0 Å². The van der Waals surface area contributed by atoms with Crippen LogP contribution < -0.4 is 16.0 Å². The summed E-state index contributed by atoms with van der Waals surface area (Å²) >= 11 is 0. The molecule has 1 unspecified atom stereocenters. The van der Waals surface area contributed by atoms with Gasteiger partial charge >= 0.3 is 5.69 Å². The molecule has 0 radical (unpaired) electrons. The Morgan fingerprint density at radius 3 is 2.54 bits per heavy atom. The average molecular weight is 385 g/mol. The zero-order valence-corrected chi connectivity index (χ0v) is 14.7. The van der Waals surface area contributed by atoms with Crippen LogP contribution in [0.4, 0.5) is 8.78 Å². The Kier molecular flexibility index (Phi) is 3.49. The van der Waals surface area contributed by atoms with Crippen molar-refractivity contribution in [2.24, 2.45) is 5.92 Å². The predicted octanol–water partition coefficient (Wildman–Crippen LogP) is 1.18. The van der Waals surface area contributed by atoms with Gasteiger partial charge < -0.3 is 0 Å². The summed E-state index contributed by atoms with van der Waals surface area (Å²) in [6.45, 7) is 1.58. The third-order valence-electron chi connectivity index (χ3n) is 5.03. The van der Waals surface area contributed by atoms with Gasteiger partial charge in [0.15, 0.2) is 0 Å². The summed E-state index contributed by atoms with van der Waals surface area (Å²) in [5, 5.41) is 0.0286. The third kappa shape index (κ3) is 2.77. The molecule has 1 aromatic carbocycles. The zero-order valence-electron chi connectivity index (χ0n) is 13.9. The Morgan fingerprint density at radius 1 is 1.31 bits per heavy atom. The van der Waals surface area contributed by atoms with Crippen LogP contribution in [0.1, 0.15) is 26.2 Å². The quantitative estimate of drug-likeness (QED) is 0.807. The summed E-state index contributed by atoms with van der Waals surface area (Å²) in [6.07, 6.45) is 1.42.